The van der Waals surface area contributed by atoms with Crippen LogP contribution in [0.25, 0.3) is 0 Å². The van der Waals surface area contributed by atoms with Crippen molar-refractivity contribution in [3.05, 3.63) is 22.4 Å². The second-order valence-electron chi connectivity index (χ2n) is 5.44. The van der Waals surface area contributed by atoms with Gasteiger partial charge in [-0.2, -0.15) is 0 Å². The lowest BCUT2D eigenvalue weighted by Gasteiger charge is -2.22. The molecule has 4 nitrogen and oxygen atoms in total. The molecule has 2 rings (SSSR count). The van der Waals surface area contributed by atoms with Gasteiger partial charge in [-0.3, -0.25) is 4.99 Å². The predicted octanol–water partition coefficient (Wildman–Crippen LogP) is 2.07. The molecule has 20 heavy (non-hydrogen) atoms. The van der Waals surface area contributed by atoms with E-state index in [1.165, 1.54) is 30.6 Å². The molecule has 112 valence electrons. The number of nitrogens with zero attached hydrogens (tertiary/aromatic N) is 2. The van der Waals surface area contributed by atoms with Crippen molar-refractivity contribution in [2.24, 2.45) is 10.7 Å². The summed E-state index contributed by atoms with van der Waals surface area (Å²) in [5.41, 5.74) is 5.88. The third-order valence-electron chi connectivity index (χ3n) is 3.94. The number of thiophene rings is 1. The Morgan fingerprint density at radius 1 is 1.50 bits per heavy atom. The molecule has 0 unspecified atom stereocenters. The first kappa shape index (κ1) is 15.3. The molecule has 1 saturated carbocycles. The summed E-state index contributed by atoms with van der Waals surface area (Å²) in [4.78, 5) is 8.21. The lowest BCUT2D eigenvalue weighted by atomic mass is 10.2. The molecule has 1 heterocycles. The number of aliphatic imine (C=N–C) groups is 1. The van der Waals surface area contributed by atoms with E-state index in [1.54, 1.807) is 11.3 Å². The Morgan fingerprint density at radius 3 is 3.00 bits per heavy atom. The van der Waals surface area contributed by atoms with Gasteiger partial charge in [-0.25, -0.2) is 0 Å². The van der Waals surface area contributed by atoms with Crippen LogP contribution in [0.15, 0.2) is 22.5 Å². The summed E-state index contributed by atoms with van der Waals surface area (Å²) in [5.74, 6) is 0.571. The summed E-state index contributed by atoms with van der Waals surface area (Å²) in [7, 11) is 2.20. The van der Waals surface area contributed by atoms with Crippen molar-refractivity contribution in [1.29, 1.82) is 0 Å². The highest BCUT2D eigenvalue weighted by Gasteiger charge is 2.18. The fraction of sp³-hybridized carbons (Fsp3) is 0.667. The highest BCUT2D eigenvalue weighted by molar-refractivity contribution is 7.09. The molecule has 3 N–H and O–H groups in total. The molecule has 0 atom stereocenters. The molecular weight excluding hydrogens is 268 g/mol. The summed E-state index contributed by atoms with van der Waals surface area (Å²) in [6.45, 7) is 2.64. The molecule has 0 bridgehead atoms. The van der Waals surface area contributed by atoms with E-state index < -0.39 is 0 Å². The van der Waals surface area contributed by atoms with Crippen LogP contribution in [-0.2, 0) is 6.42 Å². The maximum atomic E-state index is 5.88. The van der Waals surface area contributed by atoms with Crippen LogP contribution in [0.1, 0.15) is 30.6 Å². The molecule has 0 radical (unpaired) electrons. The number of nitrogens with one attached hydrogen (secondary N) is 1. The van der Waals surface area contributed by atoms with E-state index in [9.17, 15) is 0 Å². The van der Waals surface area contributed by atoms with Gasteiger partial charge in [-0.05, 0) is 37.8 Å². The first-order valence-corrected chi connectivity index (χ1v) is 8.40. The fourth-order valence-electron chi connectivity index (χ4n) is 2.68. The molecule has 0 aromatic carbocycles. The van der Waals surface area contributed by atoms with Gasteiger partial charge in [0.15, 0.2) is 5.96 Å². The van der Waals surface area contributed by atoms with Crippen LogP contribution in [0.5, 0.6) is 0 Å². The number of nitrogens with two attached hydrogens (primary N) is 1. The maximum absolute atomic E-state index is 5.88. The normalized spacial score (nSPS) is 17.0. The maximum Gasteiger partial charge on any atom is 0.188 e. The Hall–Kier alpha value is -1.07. The largest absolute Gasteiger partial charge is 0.370 e. The molecule has 1 aliphatic carbocycles. The summed E-state index contributed by atoms with van der Waals surface area (Å²) in [6.07, 6.45) is 6.45. The van der Waals surface area contributed by atoms with E-state index in [4.69, 9.17) is 5.73 Å². The van der Waals surface area contributed by atoms with Crippen molar-refractivity contribution in [2.75, 3.05) is 26.7 Å². The van der Waals surface area contributed by atoms with E-state index >= 15 is 0 Å². The standard InChI is InChI=1S/C15H26N4S/c1-19(13-5-2-3-6-13)11-10-18-15(16)17-9-8-14-7-4-12-20-14/h4,7,12-13H,2-3,5-6,8-11H2,1H3,(H3,16,17,18). The van der Waals surface area contributed by atoms with Crippen molar-refractivity contribution >= 4 is 17.3 Å². The summed E-state index contributed by atoms with van der Waals surface area (Å²) < 4.78 is 0. The second kappa shape index (κ2) is 8.27. The molecule has 1 aromatic heterocycles. The number of hydrogen-bond acceptors (Lipinski definition) is 3. The zero-order valence-corrected chi connectivity index (χ0v) is 13.2. The Labute approximate surface area is 126 Å². The molecule has 5 heteroatoms. The summed E-state index contributed by atoms with van der Waals surface area (Å²) in [5, 5.41) is 5.28. The van der Waals surface area contributed by atoms with Crippen LogP contribution < -0.4 is 11.1 Å². The average Bonchev–Trinajstić information content (AvgIpc) is 3.12. The highest BCUT2D eigenvalue weighted by Crippen LogP contribution is 2.21. The molecule has 0 saturated heterocycles. The van der Waals surface area contributed by atoms with Crippen molar-refractivity contribution in [1.82, 2.24) is 10.2 Å². The molecule has 1 aromatic rings. The van der Waals surface area contributed by atoms with Gasteiger partial charge in [0.25, 0.3) is 0 Å². The van der Waals surface area contributed by atoms with Gasteiger partial charge in [0.2, 0.25) is 0 Å². The van der Waals surface area contributed by atoms with E-state index in [0.717, 1.165) is 32.1 Å². The van der Waals surface area contributed by atoms with Crippen molar-refractivity contribution in [3.8, 4) is 0 Å². The molecule has 0 spiro atoms. The van der Waals surface area contributed by atoms with Crippen molar-refractivity contribution < 1.29 is 0 Å². The van der Waals surface area contributed by atoms with Gasteiger partial charge in [0.05, 0.1) is 6.54 Å². The first-order valence-electron chi connectivity index (χ1n) is 7.52. The Morgan fingerprint density at radius 2 is 2.30 bits per heavy atom. The monoisotopic (exact) mass is 294 g/mol. The minimum atomic E-state index is 0.571. The van der Waals surface area contributed by atoms with Crippen LogP contribution in [0.2, 0.25) is 0 Å². The number of likely N-dealkylation sites (N-methyl/N-ethyl adjacent to an activating group) is 1. The van der Waals surface area contributed by atoms with Crippen molar-refractivity contribution in [2.45, 2.75) is 38.1 Å². The highest BCUT2D eigenvalue weighted by atomic mass is 32.1. The molecule has 1 aliphatic rings. The van der Waals surface area contributed by atoms with E-state index in [2.05, 4.69) is 39.8 Å². The van der Waals surface area contributed by atoms with E-state index in [1.807, 2.05) is 0 Å². The topological polar surface area (TPSA) is 53.6 Å². The minimum Gasteiger partial charge on any atom is -0.370 e. The first-order chi connectivity index (χ1) is 9.75. The Kier molecular flexibility index (Phi) is 6.33. The van der Waals surface area contributed by atoms with Gasteiger partial charge in [-0.1, -0.05) is 18.9 Å². The third kappa shape index (κ3) is 5.13. The minimum absolute atomic E-state index is 0.571. The third-order valence-corrected chi connectivity index (χ3v) is 4.88. The zero-order valence-electron chi connectivity index (χ0n) is 12.3. The van der Waals surface area contributed by atoms with Crippen LogP contribution in [0, 0.1) is 0 Å². The smallest absolute Gasteiger partial charge is 0.188 e. The second-order valence-corrected chi connectivity index (χ2v) is 6.47. The number of hydrogen-bond donors (Lipinski definition) is 2. The Balaban J connectivity index is 1.58. The summed E-state index contributed by atoms with van der Waals surface area (Å²) in [6, 6.07) is 4.99. The van der Waals surface area contributed by atoms with Gasteiger partial charge >= 0.3 is 0 Å². The van der Waals surface area contributed by atoms with Crippen LogP contribution in [0.3, 0.4) is 0 Å². The quantitative estimate of drug-likeness (QED) is 0.598. The fourth-order valence-corrected chi connectivity index (χ4v) is 3.39. The molecule has 0 aliphatic heterocycles. The van der Waals surface area contributed by atoms with Crippen LogP contribution >= 0.6 is 11.3 Å². The summed E-state index contributed by atoms with van der Waals surface area (Å²) >= 11 is 1.78. The number of guanidine groups is 1. The van der Waals surface area contributed by atoms with Crippen LogP contribution in [0.4, 0.5) is 0 Å². The lowest BCUT2D eigenvalue weighted by molar-refractivity contribution is 0.252. The van der Waals surface area contributed by atoms with Gasteiger partial charge < -0.3 is 16.0 Å². The van der Waals surface area contributed by atoms with Crippen LogP contribution in [-0.4, -0.2) is 43.6 Å². The Bertz CT molecular complexity index is 396. The van der Waals surface area contributed by atoms with E-state index in [0.29, 0.717) is 5.96 Å². The van der Waals surface area contributed by atoms with Gasteiger partial charge in [0.1, 0.15) is 0 Å². The van der Waals surface area contributed by atoms with Gasteiger partial charge in [-0.15, -0.1) is 11.3 Å². The van der Waals surface area contributed by atoms with Gasteiger partial charge in [0, 0.05) is 24.0 Å². The lowest BCUT2D eigenvalue weighted by Crippen LogP contribution is -2.35. The average molecular weight is 294 g/mol. The predicted molar refractivity (Wildman–Crippen MR) is 87.4 cm³/mol. The van der Waals surface area contributed by atoms with E-state index in [-0.39, 0.29) is 0 Å². The van der Waals surface area contributed by atoms with Crippen molar-refractivity contribution in [3.63, 3.8) is 0 Å². The molecular formula is C15H26N4S. The SMILES string of the molecule is CN(CCN=C(N)NCCc1cccs1)C1CCCC1. The molecule has 0 amide bonds. The zero-order chi connectivity index (χ0) is 14.2. The molecule has 1 fully saturated rings. The number of rotatable bonds is 7.